The van der Waals surface area contributed by atoms with Crippen molar-refractivity contribution in [1.82, 2.24) is 9.78 Å². The summed E-state index contributed by atoms with van der Waals surface area (Å²) in [5.41, 5.74) is -0.213. The third-order valence-corrected chi connectivity index (χ3v) is 4.44. The number of benzene rings is 1. The Morgan fingerprint density at radius 1 is 1.34 bits per heavy atom. The number of aromatic nitrogens is 2. The van der Waals surface area contributed by atoms with Gasteiger partial charge >= 0.3 is 0 Å². The number of aliphatic hydroxyl groups is 1. The van der Waals surface area contributed by atoms with Crippen molar-refractivity contribution >= 4 is 11.6 Å². The monoisotopic (exact) mass is 455 g/mol. The molecule has 2 unspecified atom stereocenters. The average molecular weight is 456 g/mol. The summed E-state index contributed by atoms with van der Waals surface area (Å²) in [6, 6.07) is 3.80. The van der Waals surface area contributed by atoms with Gasteiger partial charge in [-0.15, -0.1) is 0 Å². The van der Waals surface area contributed by atoms with Crippen LogP contribution in [0.3, 0.4) is 0 Å². The van der Waals surface area contributed by atoms with Crippen LogP contribution in [0, 0.1) is 11.6 Å². The van der Waals surface area contributed by atoms with Crippen molar-refractivity contribution in [3.8, 4) is 5.75 Å². The van der Waals surface area contributed by atoms with Gasteiger partial charge in [-0.3, -0.25) is 9.48 Å². The molecule has 10 heteroatoms. The van der Waals surface area contributed by atoms with Crippen LogP contribution in [0.4, 0.5) is 14.5 Å². The second kappa shape index (κ2) is 11.9. The Hall–Kier alpha value is -2.56. The molecule has 2 N–H and O–H groups in total. The van der Waals surface area contributed by atoms with E-state index in [-0.39, 0.29) is 30.5 Å². The highest BCUT2D eigenvalue weighted by molar-refractivity contribution is 5.94. The minimum atomic E-state index is -0.960. The Bertz CT molecular complexity index is 869. The molecule has 1 fully saturated rings. The summed E-state index contributed by atoms with van der Waals surface area (Å²) in [6.07, 6.45) is 4.72. The van der Waals surface area contributed by atoms with E-state index in [1.807, 2.05) is 6.92 Å². The maximum absolute atomic E-state index is 12.9. The first kappa shape index (κ1) is 25.7. The third kappa shape index (κ3) is 8.52. The molecule has 1 aliphatic heterocycles. The molecular weight excluding hydrogens is 424 g/mol. The zero-order chi connectivity index (χ0) is 23.7. The fraction of sp³-hybridized carbons (Fsp3) is 0.545. The standard InChI is InChI=1S/C13H21N3O3.C9H10F2O2/c1-9-4-5-11(19-9)12(17)15-10-6-14-16(7-10)8-13(2,3)18;1-12-5-6-13-8-4-2-3-7(10)9(8)11/h6-7,9,11,18H,4-5,8H2,1-3H3,(H,15,17);2-4H,5-6H2,1H3. The SMILES string of the molecule is CC1CCC(C(=O)Nc2cnn(CC(C)(C)O)c2)O1.COCCOc1cccc(F)c1F. The van der Waals surface area contributed by atoms with E-state index >= 15 is 0 Å². The predicted octanol–water partition coefficient (Wildman–Crippen LogP) is 3.15. The Morgan fingerprint density at radius 2 is 2.09 bits per heavy atom. The van der Waals surface area contributed by atoms with Gasteiger partial charge in [-0.05, 0) is 45.7 Å². The minimum absolute atomic E-state index is 0.0861. The smallest absolute Gasteiger partial charge is 0.253 e. The van der Waals surface area contributed by atoms with E-state index in [0.717, 1.165) is 18.9 Å². The zero-order valence-electron chi connectivity index (χ0n) is 18.8. The topological polar surface area (TPSA) is 94.8 Å². The molecule has 0 radical (unpaired) electrons. The third-order valence-electron chi connectivity index (χ3n) is 4.44. The molecule has 1 aliphatic rings. The lowest BCUT2D eigenvalue weighted by molar-refractivity contribution is -0.126. The summed E-state index contributed by atoms with van der Waals surface area (Å²) in [5, 5.41) is 16.6. The molecule has 0 saturated carbocycles. The van der Waals surface area contributed by atoms with Gasteiger partial charge in [-0.25, -0.2) is 4.39 Å². The van der Waals surface area contributed by atoms with Crippen LogP contribution >= 0.6 is 0 Å². The normalized spacial score (nSPS) is 18.1. The van der Waals surface area contributed by atoms with E-state index in [4.69, 9.17) is 14.2 Å². The van der Waals surface area contributed by atoms with Gasteiger partial charge in [0.1, 0.15) is 12.7 Å². The van der Waals surface area contributed by atoms with Crippen molar-refractivity contribution in [3.63, 3.8) is 0 Å². The lowest BCUT2D eigenvalue weighted by Crippen LogP contribution is -2.27. The highest BCUT2D eigenvalue weighted by Gasteiger charge is 2.28. The Labute approximate surface area is 186 Å². The summed E-state index contributed by atoms with van der Waals surface area (Å²) in [7, 11) is 1.51. The van der Waals surface area contributed by atoms with Crippen molar-refractivity contribution < 1.29 is 32.9 Å². The molecule has 0 spiro atoms. The quantitative estimate of drug-likeness (QED) is 0.594. The van der Waals surface area contributed by atoms with Crippen LogP contribution in [0.25, 0.3) is 0 Å². The molecule has 1 aromatic carbocycles. The highest BCUT2D eigenvalue weighted by atomic mass is 19.2. The van der Waals surface area contributed by atoms with E-state index in [2.05, 4.69) is 10.4 Å². The summed E-state index contributed by atoms with van der Waals surface area (Å²) < 4.78 is 42.2. The van der Waals surface area contributed by atoms with E-state index in [1.54, 1.807) is 30.9 Å². The van der Waals surface area contributed by atoms with Gasteiger partial charge in [0, 0.05) is 13.3 Å². The number of hydrogen-bond acceptors (Lipinski definition) is 6. The summed E-state index contributed by atoms with van der Waals surface area (Å²) >= 11 is 0. The van der Waals surface area contributed by atoms with Crippen LogP contribution < -0.4 is 10.1 Å². The molecule has 0 aliphatic carbocycles. The van der Waals surface area contributed by atoms with Crippen LogP contribution in [0.15, 0.2) is 30.6 Å². The first-order chi connectivity index (χ1) is 15.1. The fourth-order valence-corrected chi connectivity index (χ4v) is 2.96. The number of hydrogen-bond donors (Lipinski definition) is 2. The average Bonchev–Trinajstić information content (AvgIpc) is 3.33. The van der Waals surface area contributed by atoms with Gasteiger partial charge < -0.3 is 24.6 Å². The number of ether oxygens (including phenoxy) is 3. The second-order valence-corrected chi connectivity index (χ2v) is 8.13. The van der Waals surface area contributed by atoms with Gasteiger partial charge in [0.2, 0.25) is 5.82 Å². The highest BCUT2D eigenvalue weighted by Crippen LogP contribution is 2.21. The van der Waals surface area contributed by atoms with Gasteiger partial charge in [-0.1, -0.05) is 6.07 Å². The van der Waals surface area contributed by atoms with Crippen molar-refractivity contribution in [2.75, 3.05) is 25.6 Å². The van der Waals surface area contributed by atoms with Gasteiger partial charge in [-0.2, -0.15) is 9.49 Å². The van der Waals surface area contributed by atoms with Crippen molar-refractivity contribution in [2.45, 2.75) is 58.0 Å². The van der Waals surface area contributed by atoms with E-state index in [9.17, 15) is 18.7 Å². The lowest BCUT2D eigenvalue weighted by Gasteiger charge is -2.16. The van der Waals surface area contributed by atoms with Crippen LogP contribution in [-0.2, 0) is 20.8 Å². The number of halogens is 2. The van der Waals surface area contributed by atoms with Crippen molar-refractivity contribution in [1.29, 1.82) is 0 Å². The molecule has 2 atom stereocenters. The van der Waals surface area contributed by atoms with Crippen molar-refractivity contribution in [3.05, 3.63) is 42.2 Å². The number of carbonyl (C=O) groups excluding carboxylic acids is 1. The number of anilines is 1. The van der Waals surface area contributed by atoms with Gasteiger partial charge in [0.15, 0.2) is 11.6 Å². The summed E-state index contributed by atoms with van der Waals surface area (Å²) in [5.74, 6) is -2.09. The summed E-state index contributed by atoms with van der Waals surface area (Å²) in [6.45, 7) is 6.31. The number of methoxy groups -OCH3 is 1. The zero-order valence-corrected chi connectivity index (χ0v) is 18.8. The van der Waals surface area contributed by atoms with Crippen molar-refractivity contribution in [2.24, 2.45) is 0 Å². The lowest BCUT2D eigenvalue weighted by atomic mass is 10.1. The largest absolute Gasteiger partial charge is 0.488 e. The predicted molar refractivity (Wildman–Crippen MR) is 114 cm³/mol. The number of amides is 1. The molecule has 0 bridgehead atoms. The van der Waals surface area contributed by atoms with E-state index < -0.39 is 17.2 Å². The molecule has 3 rings (SSSR count). The van der Waals surface area contributed by atoms with Crippen LogP contribution in [0.1, 0.15) is 33.6 Å². The number of nitrogens with one attached hydrogen (secondary N) is 1. The number of nitrogens with zero attached hydrogens (tertiary/aromatic N) is 2. The Balaban J connectivity index is 0.000000244. The Kier molecular flexibility index (Phi) is 9.55. The molecule has 1 amide bonds. The number of rotatable bonds is 8. The van der Waals surface area contributed by atoms with Gasteiger partial charge in [0.05, 0.1) is 36.7 Å². The van der Waals surface area contributed by atoms with Crippen LogP contribution in [0.5, 0.6) is 5.75 Å². The minimum Gasteiger partial charge on any atom is -0.488 e. The second-order valence-electron chi connectivity index (χ2n) is 8.13. The first-order valence-electron chi connectivity index (χ1n) is 10.4. The van der Waals surface area contributed by atoms with Gasteiger partial charge in [0.25, 0.3) is 5.91 Å². The van der Waals surface area contributed by atoms with E-state index in [1.165, 1.54) is 19.2 Å². The molecule has 2 heterocycles. The molecule has 32 heavy (non-hydrogen) atoms. The molecule has 2 aromatic rings. The van der Waals surface area contributed by atoms with Crippen LogP contribution in [0.2, 0.25) is 0 Å². The molecular formula is C22H31F2N3O5. The molecule has 178 valence electrons. The molecule has 8 nitrogen and oxygen atoms in total. The molecule has 1 aromatic heterocycles. The molecule has 1 saturated heterocycles. The fourth-order valence-electron chi connectivity index (χ4n) is 2.96. The van der Waals surface area contributed by atoms with Crippen LogP contribution in [-0.4, -0.2) is 58.9 Å². The number of carbonyl (C=O) groups is 1. The Morgan fingerprint density at radius 3 is 2.72 bits per heavy atom. The maximum Gasteiger partial charge on any atom is 0.253 e. The first-order valence-corrected chi connectivity index (χ1v) is 10.4. The summed E-state index contributed by atoms with van der Waals surface area (Å²) in [4.78, 5) is 11.9. The van der Waals surface area contributed by atoms with E-state index in [0.29, 0.717) is 18.8 Å². The maximum atomic E-state index is 12.9.